The number of rotatable bonds is 3. The summed E-state index contributed by atoms with van der Waals surface area (Å²) in [5.41, 5.74) is -1.04. The standard InChI is InChI=1S/C13H7BrF3NO3/c14-8-2-3-9(12(19)20)10(5-8)21-11-4-1-7(6-18-11)13(15,16)17/h1-6H,(H,19,20). The summed E-state index contributed by atoms with van der Waals surface area (Å²) in [5.74, 6) is -1.38. The van der Waals surface area contributed by atoms with Crippen LogP contribution >= 0.6 is 15.9 Å². The fraction of sp³-hybridized carbons (Fsp3) is 0.0769. The van der Waals surface area contributed by atoms with Crippen LogP contribution in [0.15, 0.2) is 41.0 Å². The van der Waals surface area contributed by atoms with Gasteiger partial charge in [-0.2, -0.15) is 13.2 Å². The van der Waals surface area contributed by atoms with E-state index in [4.69, 9.17) is 9.84 Å². The number of ether oxygens (including phenoxy) is 1. The third-order valence-electron chi connectivity index (χ3n) is 2.45. The van der Waals surface area contributed by atoms with Gasteiger partial charge in [-0.1, -0.05) is 15.9 Å². The zero-order valence-electron chi connectivity index (χ0n) is 10.2. The van der Waals surface area contributed by atoms with Crippen molar-refractivity contribution >= 4 is 21.9 Å². The maximum absolute atomic E-state index is 12.4. The summed E-state index contributed by atoms with van der Waals surface area (Å²) in [4.78, 5) is 14.6. The van der Waals surface area contributed by atoms with Gasteiger partial charge in [-0.3, -0.25) is 0 Å². The number of carboxylic acids is 1. The number of hydrogen-bond donors (Lipinski definition) is 1. The fourth-order valence-corrected chi connectivity index (χ4v) is 1.82. The van der Waals surface area contributed by atoms with Gasteiger partial charge in [0, 0.05) is 16.7 Å². The fourth-order valence-electron chi connectivity index (χ4n) is 1.48. The molecule has 0 aliphatic heterocycles. The van der Waals surface area contributed by atoms with Gasteiger partial charge in [-0.15, -0.1) is 0 Å². The van der Waals surface area contributed by atoms with E-state index in [9.17, 15) is 18.0 Å². The minimum atomic E-state index is -4.49. The Balaban J connectivity index is 2.30. The molecule has 0 spiro atoms. The van der Waals surface area contributed by atoms with Crippen molar-refractivity contribution < 1.29 is 27.8 Å². The van der Waals surface area contributed by atoms with Crippen LogP contribution in [0, 0.1) is 0 Å². The largest absolute Gasteiger partial charge is 0.478 e. The molecule has 0 aliphatic rings. The molecule has 1 N–H and O–H groups in total. The van der Waals surface area contributed by atoms with E-state index in [1.807, 2.05) is 0 Å². The Morgan fingerprint density at radius 3 is 2.48 bits per heavy atom. The topological polar surface area (TPSA) is 59.4 Å². The predicted octanol–water partition coefficient (Wildman–Crippen LogP) is 4.35. The van der Waals surface area contributed by atoms with Crippen LogP contribution in [0.5, 0.6) is 11.6 Å². The Labute approximate surface area is 125 Å². The van der Waals surface area contributed by atoms with Gasteiger partial charge >= 0.3 is 12.1 Å². The Kier molecular flexibility index (Phi) is 4.17. The summed E-state index contributed by atoms with van der Waals surface area (Å²) in [6.07, 6.45) is -3.87. The minimum absolute atomic E-state index is 0.0240. The number of aromatic carboxylic acids is 1. The molecule has 0 atom stereocenters. The van der Waals surface area contributed by atoms with Gasteiger partial charge in [-0.25, -0.2) is 9.78 Å². The summed E-state index contributed by atoms with van der Waals surface area (Å²) < 4.78 is 43.0. The molecule has 2 aromatic rings. The first-order valence-electron chi connectivity index (χ1n) is 5.51. The zero-order valence-corrected chi connectivity index (χ0v) is 11.8. The van der Waals surface area contributed by atoms with Crippen LogP contribution in [0.2, 0.25) is 0 Å². The predicted molar refractivity (Wildman–Crippen MR) is 70.4 cm³/mol. The molecule has 1 aromatic heterocycles. The van der Waals surface area contributed by atoms with Crippen molar-refractivity contribution in [2.45, 2.75) is 6.18 Å². The molecule has 0 saturated heterocycles. The highest BCUT2D eigenvalue weighted by atomic mass is 79.9. The lowest BCUT2D eigenvalue weighted by molar-refractivity contribution is -0.137. The Morgan fingerprint density at radius 2 is 1.95 bits per heavy atom. The molecule has 0 radical (unpaired) electrons. The number of benzene rings is 1. The number of carboxylic acid groups (broad SMARTS) is 1. The smallest absolute Gasteiger partial charge is 0.417 e. The number of hydrogen-bond acceptors (Lipinski definition) is 3. The average Bonchev–Trinajstić information content (AvgIpc) is 2.38. The van der Waals surface area contributed by atoms with Crippen molar-refractivity contribution in [3.05, 3.63) is 52.1 Å². The van der Waals surface area contributed by atoms with Crippen LogP contribution in [0.1, 0.15) is 15.9 Å². The van der Waals surface area contributed by atoms with Crippen LogP contribution in [-0.4, -0.2) is 16.1 Å². The van der Waals surface area contributed by atoms with E-state index in [0.717, 1.165) is 12.1 Å². The summed E-state index contributed by atoms with van der Waals surface area (Å²) in [6.45, 7) is 0. The molecule has 0 fully saturated rings. The molecule has 1 aromatic carbocycles. The van der Waals surface area contributed by atoms with E-state index in [1.165, 1.54) is 18.2 Å². The highest BCUT2D eigenvalue weighted by Gasteiger charge is 2.30. The van der Waals surface area contributed by atoms with E-state index in [1.54, 1.807) is 0 Å². The van der Waals surface area contributed by atoms with E-state index >= 15 is 0 Å². The van der Waals surface area contributed by atoms with Crippen molar-refractivity contribution in [2.75, 3.05) is 0 Å². The number of alkyl halides is 3. The van der Waals surface area contributed by atoms with Crippen molar-refractivity contribution in [1.29, 1.82) is 0 Å². The molecule has 21 heavy (non-hydrogen) atoms. The average molecular weight is 362 g/mol. The molecular weight excluding hydrogens is 355 g/mol. The molecule has 0 saturated carbocycles. The van der Waals surface area contributed by atoms with Crippen LogP contribution < -0.4 is 4.74 Å². The van der Waals surface area contributed by atoms with Crippen molar-refractivity contribution in [3.63, 3.8) is 0 Å². The van der Waals surface area contributed by atoms with Gasteiger partial charge < -0.3 is 9.84 Å². The molecule has 0 bridgehead atoms. The normalized spacial score (nSPS) is 11.2. The molecule has 110 valence electrons. The number of carbonyl (C=O) groups is 1. The van der Waals surface area contributed by atoms with Crippen LogP contribution in [0.25, 0.3) is 0 Å². The maximum Gasteiger partial charge on any atom is 0.417 e. The highest BCUT2D eigenvalue weighted by molar-refractivity contribution is 9.10. The first-order valence-corrected chi connectivity index (χ1v) is 6.30. The lowest BCUT2D eigenvalue weighted by Gasteiger charge is -2.10. The second kappa shape index (κ2) is 5.72. The number of nitrogens with zero attached hydrogens (tertiary/aromatic N) is 1. The molecule has 4 nitrogen and oxygen atoms in total. The maximum atomic E-state index is 12.4. The SMILES string of the molecule is O=C(O)c1ccc(Br)cc1Oc1ccc(C(F)(F)F)cn1. The molecule has 0 aliphatic carbocycles. The third kappa shape index (κ3) is 3.72. The third-order valence-corrected chi connectivity index (χ3v) is 2.95. The lowest BCUT2D eigenvalue weighted by Crippen LogP contribution is -2.05. The van der Waals surface area contributed by atoms with Crippen molar-refractivity contribution in [3.8, 4) is 11.6 Å². The summed E-state index contributed by atoms with van der Waals surface area (Å²) in [5, 5.41) is 9.02. The Hall–Kier alpha value is -2.09. The van der Waals surface area contributed by atoms with E-state index in [2.05, 4.69) is 20.9 Å². The van der Waals surface area contributed by atoms with Gasteiger partial charge in [0.05, 0.1) is 5.56 Å². The molecule has 0 unspecified atom stereocenters. The summed E-state index contributed by atoms with van der Waals surface area (Å²) >= 11 is 3.15. The summed E-state index contributed by atoms with van der Waals surface area (Å²) in [7, 11) is 0. The van der Waals surface area contributed by atoms with E-state index < -0.39 is 17.7 Å². The van der Waals surface area contributed by atoms with Crippen LogP contribution in [-0.2, 0) is 6.18 Å². The van der Waals surface area contributed by atoms with Gasteiger partial charge in [0.1, 0.15) is 11.3 Å². The number of pyridine rings is 1. The van der Waals surface area contributed by atoms with Crippen LogP contribution in [0.4, 0.5) is 13.2 Å². The molecule has 1 heterocycles. The Morgan fingerprint density at radius 1 is 1.24 bits per heavy atom. The lowest BCUT2D eigenvalue weighted by atomic mass is 10.2. The van der Waals surface area contributed by atoms with Gasteiger partial charge in [0.25, 0.3) is 0 Å². The van der Waals surface area contributed by atoms with Crippen LogP contribution in [0.3, 0.4) is 0 Å². The van der Waals surface area contributed by atoms with Gasteiger partial charge in [0.2, 0.25) is 5.88 Å². The number of halogens is 4. The first-order chi connectivity index (χ1) is 9.77. The number of aromatic nitrogens is 1. The second-order valence-corrected chi connectivity index (χ2v) is 4.85. The quantitative estimate of drug-likeness (QED) is 0.882. The van der Waals surface area contributed by atoms with Crippen molar-refractivity contribution in [2.24, 2.45) is 0 Å². The van der Waals surface area contributed by atoms with Gasteiger partial charge in [0.15, 0.2) is 0 Å². The first kappa shape index (κ1) is 15.3. The monoisotopic (exact) mass is 361 g/mol. The molecular formula is C13H7BrF3NO3. The second-order valence-electron chi connectivity index (χ2n) is 3.93. The summed E-state index contributed by atoms with van der Waals surface area (Å²) in [6, 6.07) is 6.04. The molecule has 8 heteroatoms. The zero-order chi connectivity index (χ0) is 15.6. The van der Waals surface area contributed by atoms with E-state index in [-0.39, 0.29) is 17.2 Å². The van der Waals surface area contributed by atoms with Gasteiger partial charge in [-0.05, 0) is 24.3 Å². The van der Waals surface area contributed by atoms with E-state index in [0.29, 0.717) is 10.7 Å². The highest BCUT2D eigenvalue weighted by Crippen LogP contribution is 2.31. The molecule has 2 rings (SSSR count). The molecule has 0 amide bonds. The van der Waals surface area contributed by atoms with Crippen molar-refractivity contribution in [1.82, 2.24) is 4.98 Å². The Bertz CT molecular complexity index is 671. The minimum Gasteiger partial charge on any atom is -0.478 e.